The molecule has 0 saturated carbocycles. The third-order valence-corrected chi connectivity index (χ3v) is 3.90. The number of anilines is 1. The van der Waals surface area contributed by atoms with Gasteiger partial charge in [0.05, 0.1) is 6.07 Å². The van der Waals surface area contributed by atoms with Gasteiger partial charge in [-0.05, 0) is 64.8 Å². The monoisotopic (exact) mass is 273 g/mol. The first-order valence-corrected chi connectivity index (χ1v) is 7.46. The van der Waals surface area contributed by atoms with Crippen molar-refractivity contribution >= 4 is 5.69 Å². The summed E-state index contributed by atoms with van der Waals surface area (Å²) in [6, 6.07) is 11.0. The zero-order valence-corrected chi connectivity index (χ0v) is 13.2. The number of nitriles is 1. The van der Waals surface area contributed by atoms with Crippen LogP contribution in [0.2, 0.25) is 0 Å². The molecule has 1 unspecified atom stereocenters. The molecule has 110 valence electrons. The number of hydrogen-bond donors (Lipinski definition) is 1. The van der Waals surface area contributed by atoms with Crippen LogP contribution in [0.4, 0.5) is 5.69 Å². The first-order chi connectivity index (χ1) is 9.54. The van der Waals surface area contributed by atoms with Crippen LogP contribution in [0.5, 0.6) is 0 Å². The lowest BCUT2D eigenvalue weighted by molar-refractivity contribution is 0.433. The SMILES string of the molecule is CCN(CCCCC(C)(C#N)NC)c1cccc(C)c1. The van der Waals surface area contributed by atoms with E-state index < -0.39 is 0 Å². The van der Waals surface area contributed by atoms with Crippen molar-refractivity contribution in [2.45, 2.75) is 45.6 Å². The Morgan fingerprint density at radius 1 is 1.35 bits per heavy atom. The van der Waals surface area contributed by atoms with Crippen LogP contribution in [-0.2, 0) is 0 Å². The number of nitrogens with zero attached hydrogens (tertiary/aromatic N) is 2. The van der Waals surface area contributed by atoms with E-state index in [1.807, 2.05) is 14.0 Å². The van der Waals surface area contributed by atoms with Crippen molar-refractivity contribution in [3.8, 4) is 6.07 Å². The summed E-state index contributed by atoms with van der Waals surface area (Å²) in [6.07, 6.45) is 3.07. The van der Waals surface area contributed by atoms with Gasteiger partial charge in [0.25, 0.3) is 0 Å². The lowest BCUT2D eigenvalue weighted by atomic mass is 9.97. The van der Waals surface area contributed by atoms with Gasteiger partial charge in [-0.1, -0.05) is 12.1 Å². The molecule has 1 rings (SSSR count). The standard InChI is InChI=1S/C17H27N3/c1-5-20(16-10-8-9-15(2)13-16)12-7-6-11-17(3,14-18)19-4/h8-10,13,19H,5-7,11-12H2,1-4H3. The van der Waals surface area contributed by atoms with Crippen molar-refractivity contribution in [1.82, 2.24) is 5.32 Å². The molecule has 1 aromatic carbocycles. The topological polar surface area (TPSA) is 39.1 Å². The molecule has 1 atom stereocenters. The average Bonchev–Trinajstić information content (AvgIpc) is 2.47. The maximum Gasteiger partial charge on any atom is 0.103 e. The van der Waals surface area contributed by atoms with Crippen molar-refractivity contribution < 1.29 is 0 Å². The smallest absolute Gasteiger partial charge is 0.103 e. The molecule has 0 saturated heterocycles. The fraction of sp³-hybridized carbons (Fsp3) is 0.588. The summed E-state index contributed by atoms with van der Waals surface area (Å²) in [5.41, 5.74) is 2.21. The van der Waals surface area contributed by atoms with Crippen molar-refractivity contribution in [2.75, 3.05) is 25.0 Å². The van der Waals surface area contributed by atoms with Gasteiger partial charge in [-0.3, -0.25) is 0 Å². The Kier molecular flexibility index (Phi) is 6.54. The molecule has 20 heavy (non-hydrogen) atoms. The maximum atomic E-state index is 9.13. The molecule has 0 aliphatic rings. The minimum Gasteiger partial charge on any atom is -0.372 e. The van der Waals surface area contributed by atoms with Gasteiger partial charge >= 0.3 is 0 Å². The molecule has 0 spiro atoms. The van der Waals surface area contributed by atoms with Gasteiger partial charge in [-0.25, -0.2) is 0 Å². The summed E-state index contributed by atoms with van der Waals surface area (Å²) in [7, 11) is 1.86. The lowest BCUT2D eigenvalue weighted by Gasteiger charge is -2.25. The minimum atomic E-state index is -0.389. The Morgan fingerprint density at radius 3 is 2.65 bits per heavy atom. The second-order valence-corrected chi connectivity index (χ2v) is 5.57. The quantitative estimate of drug-likeness (QED) is 0.737. The maximum absolute atomic E-state index is 9.13. The zero-order chi connectivity index (χ0) is 15.0. The van der Waals surface area contributed by atoms with Gasteiger partial charge in [0, 0.05) is 18.8 Å². The van der Waals surface area contributed by atoms with Crippen LogP contribution in [-0.4, -0.2) is 25.7 Å². The highest BCUT2D eigenvalue weighted by Crippen LogP contribution is 2.18. The third kappa shape index (κ3) is 4.86. The number of rotatable bonds is 8. The summed E-state index contributed by atoms with van der Waals surface area (Å²) in [5.74, 6) is 0. The highest BCUT2D eigenvalue weighted by atomic mass is 15.1. The van der Waals surface area contributed by atoms with Crippen LogP contribution >= 0.6 is 0 Å². The van der Waals surface area contributed by atoms with E-state index in [1.54, 1.807) is 0 Å². The van der Waals surface area contributed by atoms with Gasteiger partial charge in [-0.15, -0.1) is 0 Å². The first kappa shape index (κ1) is 16.5. The second kappa shape index (κ2) is 7.91. The first-order valence-electron chi connectivity index (χ1n) is 7.46. The highest BCUT2D eigenvalue weighted by molar-refractivity contribution is 5.48. The van der Waals surface area contributed by atoms with Gasteiger partial charge in [0.1, 0.15) is 5.54 Å². The lowest BCUT2D eigenvalue weighted by Crippen LogP contribution is -2.38. The molecule has 0 amide bonds. The Hall–Kier alpha value is -1.53. The summed E-state index contributed by atoms with van der Waals surface area (Å²) in [6.45, 7) is 8.35. The van der Waals surface area contributed by atoms with Gasteiger partial charge in [0.15, 0.2) is 0 Å². The summed E-state index contributed by atoms with van der Waals surface area (Å²) in [4.78, 5) is 2.40. The van der Waals surface area contributed by atoms with E-state index >= 15 is 0 Å². The van der Waals surface area contributed by atoms with Crippen LogP contribution in [0.15, 0.2) is 24.3 Å². The number of nitrogens with one attached hydrogen (secondary N) is 1. The summed E-state index contributed by atoms with van der Waals surface area (Å²) < 4.78 is 0. The van der Waals surface area contributed by atoms with Gasteiger partial charge in [0.2, 0.25) is 0 Å². The number of aryl methyl sites for hydroxylation is 1. The van der Waals surface area contributed by atoms with Crippen molar-refractivity contribution in [2.24, 2.45) is 0 Å². The molecule has 1 N–H and O–H groups in total. The fourth-order valence-electron chi connectivity index (χ4n) is 2.31. The summed E-state index contributed by atoms with van der Waals surface area (Å²) >= 11 is 0. The van der Waals surface area contributed by atoms with Crippen LogP contribution in [0.25, 0.3) is 0 Å². The molecule has 1 aromatic rings. The van der Waals surface area contributed by atoms with E-state index in [1.165, 1.54) is 11.3 Å². The normalized spacial score (nSPS) is 13.6. The fourth-order valence-corrected chi connectivity index (χ4v) is 2.31. The van der Waals surface area contributed by atoms with Gasteiger partial charge in [-0.2, -0.15) is 5.26 Å². The second-order valence-electron chi connectivity index (χ2n) is 5.57. The van der Waals surface area contributed by atoms with Crippen molar-refractivity contribution in [3.63, 3.8) is 0 Å². The largest absolute Gasteiger partial charge is 0.372 e. The van der Waals surface area contributed by atoms with Crippen LogP contribution in [0, 0.1) is 18.3 Å². The van der Waals surface area contributed by atoms with E-state index in [2.05, 4.69) is 54.4 Å². The van der Waals surface area contributed by atoms with Crippen LogP contribution in [0.1, 0.15) is 38.7 Å². The zero-order valence-electron chi connectivity index (χ0n) is 13.2. The van der Waals surface area contributed by atoms with Gasteiger partial charge < -0.3 is 10.2 Å². The molecule has 0 radical (unpaired) electrons. The van der Waals surface area contributed by atoms with E-state index in [0.29, 0.717) is 0 Å². The van der Waals surface area contributed by atoms with Crippen LogP contribution < -0.4 is 10.2 Å². The number of hydrogen-bond acceptors (Lipinski definition) is 3. The number of unbranched alkanes of at least 4 members (excludes halogenated alkanes) is 1. The molecule has 0 fully saturated rings. The molecule has 3 heteroatoms. The molecule has 0 heterocycles. The minimum absolute atomic E-state index is 0.389. The molecule has 0 bridgehead atoms. The average molecular weight is 273 g/mol. The Balaban J connectivity index is 2.45. The van der Waals surface area contributed by atoms with E-state index in [-0.39, 0.29) is 5.54 Å². The molecule has 0 aliphatic heterocycles. The summed E-state index contributed by atoms with van der Waals surface area (Å²) in [5, 5.41) is 12.2. The van der Waals surface area contributed by atoms with E-state index in [4.69, 9.17) is 5.26 Å². The van der Waals surface area contributed by atoms with E-state index in [9.17, 15) is 0 Å². The van der Waals surface area contributed by atoms with E-state index in [0.717, 1.165) is 32.4 Å². The Bertz CT molecular complexity index is 450. The third-order valence-electron chi connectivity index (χ3n) is 3.90. The molecular weight excluding hydrogens is 246 g/mol. The number of benzene rings is 1. The van der Waals surface area contributed by atoms with Crippen LogP contribution in [0.3, 0.4) is 0 Å². The van der Waals surface area contributed by atoms with Crippen molar-refractivity contribution in [1.29, 1.82) is 5.26 Å². The Morgan fingerprint density at radius 2 is 2.10 bits per heavy atom. The molecule has 3 nitrogen and oxygen atoms in total. The molecule has 0 aromatic heterocycles. The molecule has 0 aliphatic carbocycles. The van der Waals surface area contributed by atoms with Crippen molar-refractivity contribution in [3.05, 3.63) is 29.8 Å². The predicted octanol–water partition coefficient (Wildman–Crippen LogP) is 3.49. The predicted molar refractivity (Wildman–Crippen MR) is 86.0 cm³/mol. The molecular formula is C17H27N3. The highest BCUT2D eigenvalue weighted by Gasteiger charge is 2.20. The Labute approximate surface area is 123 Å².